The molecule has 0 atom stereocenters. The molecule has 9 heteroatoms. The van der Waals surface area contributed by atoms with Gasteiger partial charge in [-0.1, -0.05) is 18.2 Å². The van der Waals surface area contributed by atoms with Gasteiger partial charge >= 0.3 is 0 Å². The molecule has 0 unspecified atom stereocenters. The Morgan fingerprint density at radius 2 is 1.81 bits per heavy atom. The summed E-state index contributed by atoms with van der Waals surface area (Å²) in [6, 6.07) is 13.0. The molecule has 3 aromatic rings. The number of carbonyl (C=O) groups excluding carboxylic acids is 1. The van der Waals surface area contributed by atoms with Crippen molar-refractivity contribution < 1.29 is 18.1 Å². The lowest BCUT2D eigenvalue weighted by Crippen LogP contribution is -2.13. The van der Waals surface area contributed by atoms with Crippen molar-refractivity contribution in [3.63, 3.8) is 0 Å². The van der Waals surface area contributed by atoms with Crippen LogP contribution in [0.4, 0.5) is 17.1 Å². The van der Waals surface area contributed by atoms with Crippen LogP contribution in [0.5, 0.6) is 0 Å². The van der Waals surface area contributed by atoms with E-state index in [1.165, 1.54) is 30.3 Å². The number of sulfonamides is 1. The molecule has 3 aromatic carbocycles. The highest BCUT2D eigenvalue weighted by molar-refractivity contribution is 7.93. The fourth-order valence-electron chi connectivity index (χ4n) is 2.99. The maximum absolute atomic E-state index is 12.8. The molecule has 130 valence electrons. The monoisotopic (exact) mass is 369 g/mol. The van der Waals surface area contributed by atoms with Gasteiger partial charge in [0.15, 0.2) is 0 Å². The van der Waals surface area contributed by atoms with E-state index in [9.17, 15) is 23.3 Å². The Kier molecular flexibility index (Phi) is 3.41. The molecule has 0 bridgehead atoms. The fourth-order valence-corrected chi connectivity index (χ4v) is 4.24. The largest absolute Gasteiger partial charge is 0.321 e. The van der Waals surface area contributed by atoms with Gasteiger partial charge in [0, 0.05) is 34.2 Å². The molecule has 0 aromatic heterocycles. The Morgan fingerprint density at radius 3 is 2.58 bits per heavy atom. The molecule has 0 saturated carbocycles. The number of hydrogen-bond acceptors (Lipinski definition) is 5. The van der Waals surface area contributed by atoms with E-state index in [0.29, 0.717) is 22.0 Å². The Hall–Kier alpha value is -3.46. The number of anilines is 2. The Labute approximate surface area is 147 Å². The highest BCUT2D eigenvalue weighted by atomic mass is 32.2. The molecule has 0 fully saturated rings. The van der Waals surface area contributed by atoms with Crippen LogP contribution in [0.3, 0.4) is 0 Å². The van der Waals surface area contributed by atoms with E-state index in [1.807, 2.05) is 0 Å². The first-order valence-electron chi connectivity index (χ1n) is 7.51. The second kappa shape index (κ2) is 5.53. The summed E-state index contributed by atoms with van der Waals surface area (Å²) in [5, 5.41) is 14.5. The maximum Gasteiger partial charge on any atom is 0.271 e. The quantitative estimate of drug-likeness (QED) is 0.541. The van der Waals surface area contributed by atoms with Crippen LogP contribution in [-0.2, 0) is 10.0 Å². The van der Waals surface area contributed by atoms with Crippen LogP contribution in [0.2, 0.25) is 0 Å². The summed E-state index contributed by atoms with van der Waals surface area (Å²) >= 11 is 0. The minimum atomic E-state index is -4.02. The number of nitrogens with zero attached hydrogens (tertiary/aromatic N) is 1. The number of nitro groups is 1. The lowest BCUT2D eigenvalue weighted by molar-refractivity contribution is -0.384. The maximum atomic E-state index is 12.8. The zero-order chi connectivity index (χ0) is 18.5. The first-order chi connectivity index (χ1) is 12.4. The first-order valence-corrected chi connectivity index (χ1v) is 8.99. The van der Waals surface area contributed by atoms with Crippen LogP contribution >= 0.6 is 0 Å². The lowest BCUT2D eigenvalue weighted by Gasteiger charge is -2.11. The molecule has 1 heterocycles. The molecule has 0 radical (unpaired) electrons. The van der Waals surface area contributed by atoms with Crippen molar-refractivity contribution in [2.24, 2.45) is 0 Å². The van der Waals surface area contributed by atoms with Gasteiger partial charge in [0.25, 0.3) is 21.6 Å². The van der Waals surface area contributed by atoms with Gasteiger partial charge in [-0.05, 0) is 24.3 Å². The van der Waals surface area contributed by atoms with E-state index in [2.05, 4.69) is 10.0 Å². The van der Waals surface area contributed by atoms with E-state index >= 15 is 0 Å². The van der Waals surface area contributed by atoms with E-state index in [1.54, 1.807) is 18.2 Å². The van der Waals surface area contributed by atoms with Gasteiger partial charge in [-0.25, -0.2) is 8.42 Å². The van der Waals surface area contributed by atoms with Crippen molar-refractivity contribution in [1.82, 2.24) is 0 Å². The van der Waals surface area contributed by atoms with Crippen molar-refractivity contribution in [1.29, 1.82) is 0 Å². The van der Waals surface area contributed by atoms with Gasteiger partial charge in [0.1, 0.15) is 0 Å². The van der Waals surface area contributed by atoms with Gasteiger partial charge in [-0.15, -0.1) is 0 Å². The van der Waals surface area contributed by atoms with Gasteiger partial charge < -0.3 is 5.32 Å². The normalized spacial score (nSPS) is 12.8. The summed E-state index contributed by atoms with van der Waals surface area (Å²) in [5.41, 5.74) is 0.817. The van der Waals surface area contributed by atoms with Crippen molar-refractivity contribution in [3.8, 4) is 0 Å². The summed E-state index contributed by atoms with van der Waals surface area (Å²) in [4.78, 5) is 22.2. The Balaban J connectivity index is 1.83. The molecule has 0 saturated heterocycles. The summed E-state index contributed by atoms with van der Waals surface area (Å²) in [6.07, 6.45) is 0. The van der Waals surface area contributed by atoms with Crippen LogP contribution in [0.1, 0.15) is 10.4 Å². The zero-order valence-corrected chi connectivity index (χ0v) is 13.9. The summed E-state index contributed by atoms with van der Waals surface area (Å²) < 4.78 is 28.0. The fraction of sp³-hybridized carbons (Fsp3) is 0. The number of non-ortho nitro benzene ring substituents is 1. The third-order valence-electron chi connectivity index (χ3n) is 4.09. The summed E-state index contributed by atoms with van der Waals surface area (Å²) in [5.74, 6) is -0.285. The van der Waals surface area contributed by atoms with Crippen LogP contribution in [0.25, 0.3) is 10.8 Å². The summed E-state index contributed by atoms with van der Waals surface area (Å²) in [7, 11) is -4.02. The van der Waals surface area contributed by atoms with Crippen molar-refractivity contribution in [3.05, 3.63) is 70.3 Å². The highest BCUT2D eigenvalue weighted by Crippen LogP contribution is 2.37. The molecule has 1 aliphatic rings. The Morgan fingerprint density at radius 1 is 1.04 bits per heavy atom. The number of hydrogen-bond donors (Lipinski definition) is 2. The summed E-state index contributed by atoms with van der Waals surface area (Å²) in [6.45, 7) is 0. The lowest BCUT2D eigenvalue weighted by atomic mass is 10.1. The second-order valence-corrected chi connectivity index (χ2v) is 7.36. The molecule has 26 heavy (non-hydrogen) atoms. The molecule has 1 aliphatic heterocycles. The van der Waals surface area contributed by atoms with Gasteiger partial charge in [-0.2, -0.15) is 0 Å². The number of carbonyl (C=O) groups is 1. The third kappa shape index (κ3) is 2.45. The van der Waals surface area contributed by atoms with Crippen LogP contribution in [0, 0.1) is 10.1 Å². The average Bonchev–Trinajstić information content (AvgIpc) is 2.93. The molecule has 4 rings (SSSR count). The molecular weight excluding hydrogens is 358 g/mol. The SMILES string of the molecule is O=C1Nc2ccc(S(=O)(=O)Nc3cccc([N+](=O)[O-])c3)c3cccc1c23. The van der Waals surface area contributed by atoms with Crippen molar-refractivity contribution >= 4 is 43.8 Å². The molecule has 1 amide bonds. The highest BCUT2D eigenvalue weighted by Gasteiger charge is 2.26. The van der Waals surface area contributed by atoms with E-state index in [0.717, 1.165) is 6.07 Å². The van der Waals surface area contributed by atoms with Crippen LogP contribution in [-0.4, -0.2) is 19.2 Å². The predicted molar refractivity (Wildman–Crippen MR) is 95.8 cm³/mol. The molecule has 0 spiro atoms. The smallest absolute Gasteiger partial charge is 0.271 e. The zero-order valence-electron chi connectivity index (χ0n) is 13.1. The number of rotatable bonds is 4. The Bertz CT molecular complexity index is 1200. The number of nitrogens with one attached hydrogen (secondary N) is 2. The third-order valence-corrected chi connectivity index (χ3v) is 5.53. The minimum Gasteiger partial charge on any atom is -0.321 e. The van der Waals surface area contributed by atoms with E-state index < -0.39 is 14.9 Å². The molecule has 8 nitrogen and oxygen atoms in total. The molecule has 2 N–H and O–H groups in total. The van der Waals surface area contributed by atoms with E-state index in [4.69, 9.17) is 0 Å². The van der Waals surface area contributed by atoms with Crippen LogP contribution < -0.4 is 10.0 Å². The number of amides is 1. The first kappa shape index (κ1) is 16.0. The van der Waals surface area contributed by atoms with Crippen molar-refractivity contribution in [2.75, 3.05) is 10.0 Å². The predicted octanol–water partition coefficient (Wildman–Crippen LogP) is 3.11. The van der Waals surface area contributed by atoms with E-state index in [-0.39, 0.29) is 22.2 Å². The molecule has 0 aliphatic carbocycles. The topological polar surface area (TPSA) is 118 Å². The standard InChI is InChI=1S/C17H11N3O5S/c21-17-13-6-2-5-12-15(8-7-14(18-17)16(12)13)26(24,25)19-10-3-1-4-11(9-10)20(22)23/h1-9,19H,(H,18,21). The number of nitro benzene ring substituents is 1. The van der Waals surface area contributed by atoms with Gasteiger partial charge in [0.05, 0.1) is 15.5 Å². The number of benzene rings is 3. The van der Waals surface area contributed by atoms with Crippen molar-refractivity contribution in [2.45, 2.75) is 4.90 Å². The van der Waals surface area contributed by atoms with Crippen LogP contribution in [0.15, 0.2) is 59.5 Å². The van der Waals surface area contributed by atoms with Gasteiger partial charge in [0.2, 0.25) is 0 Å². The van der Waals surface area contributed by atoms with Gasteiger partial charge in [-0.3, -0.25) is 19.6 Å². The molecular formula is C17H11N3O5S. The minimum absolute atomic E-state index is 0.0129. The average molecular weight is 369 g/mol. The second-order valence-electron chi connectivity index (χ2n) is 5.71.